The Labute approximate surface area is 174 Å². The summed E-state index contributed by atoms with van der Waals surface area (Å²) in [5.74, 6) is -1.45. The molecule has 0 amide bonds. The van der Waals surface area contributed by atoms with Crippen molar-refractivity contribution in [2.75, 3.05) is 7.11 Å². The van der Waals surface area contributed by atoms with Crippen LogP contribution >= 0.6 is 11.3 Å². The number of allylic oxidation sites excluding steroid dienone is 1. The first kappa shape index (κ1) is 19.3. The number of carbonyl (C=O) groups excluding carboxylic acids is 1. The zero-order valence-corrected chi connectivity index (χ0v) is 16.6. The average molecular weight is 417 g/mol. The lowest BCUT2D eigenvalue weighted by Crippen LogP contribution is -2.40. The number of esters is 1. The van der Waals surface area contributed by atoms with Crippen molar-refractivity contribution in [3.05, 3.63) is 85.3 Å². The molecule has 3 aromatic heterocycles. The van der Waals surface area contributed by atoms with Gasteiger partial charge in [-0.15, -0.1) is 11.3 Å². The number of thiazole rings is 1. The molecule has 0 unspecified atom stereocenters. The summed E-state index contributed by atoms with van der Waals surface area (Å²) >= 11 is 1.11. The van der Waals surface area contributed by atoms with Gasteiger partial charge in [0.25, 0.3) is 5.56 Å². The molecular weight excluding hydrogens is 402 g/mol. The molecule has 0 aromatic carbocycles. The van der Waals surface area contributed by atoms with Gasteiger partial charge in [0.1, 0.15) is 10.5 Å². The third-order valence-electron chi connectivity index (χ3n) is 4.67. The van der Waals surface area contributed by atoms with Crippen molar-refractivity contribution in [2.24, 2.45) is 5.73 Å². The maximum atomic E-state index is 13.1. The van der Waals surface area contributed by atoms with Gasteiger partial charge in [0, 0.05) is 24.8 Å². The smallest absolute Gasteiger partial charge is 0.337 e. The van der Waals surface area contributed by atoms with Gasteiger partial charge in [0.2, 0.25) is 0 Å². The molecule has 0 bridgehead atoms. The summed E-state index contributed by atoms with van der Waals surface area (Å²) < 4.78 is 6.87. The number of carbonyl (C=O) groups is 1. The molecule has 3 aromatic rings. The summed E-state index contributed by atoms with van der Waals surface area (Å²) in [6, 6.07) is 9.07. The number of nitriles is 1. The Morgan fingerprint density at radius 1 is 1.30 bits per heavy atom. The highest BCUT2D eigenvalue weighted by atomic mass is 32.1. The van der Waals surface area contributed by atoms with E-state index in [2.05, 4.69) is 16.0 Å². The second-order valence-electron chi connectivity index (χ2n) is 6.38. The Kier molecular flexibility index (Phi) is 5.00. The number of methoxy groups -OCH3 is 1. The van der Waals surface area contributed by atoms with E-state index in [0.29, 0.717) is 14.8 Å². The zero-order chi connectivity index (χ0) is 21.3. The number of nitrogens with zero attached hydrogens (tertiary/aromatic N) is 4. The van der Waals surface area contributed by atoms with Gasteiger partial charge < -0.3 is 10.5 Å². The van der Waals surface area contributed by atoms with Crippen molar-refractivity contribution < 1.29 is 9.53 Å². The lowest BCUT2D eigenvalue weighted by Gasteiger charge is -2.24. The molecule has 2 N–H and O–H groups in total. The van der Waals surface area contributed by atoms with Crippen molar-refractivity contribution in [1.29, 1.82) is 5.26 Å². The molecule has 4 rings (SSSR count). The van der Waals surface area contributed by atoms with Crippen LogP contribution in [0.25, 0.3) is 17.5 Å². The van der Waals surface area contributed by atoms with Crippen LogP contribution < -0.4 is 20.5 Å². The highest BCUT2D eigenvalue weighted by molar-refractivity contribution is 7.07. The standard InChI is InChI=1S/C21H15N5O3S/c1-29-21(28)17-16(13-5-3-7-25-11-13)14(9-22)18(23)26-19(27)15(30-20(17)26)8-12-4-2-6-24-10-12/h2-8,10-11,16H,23H2,1H3/t16-/m1/s1. The van der Waals surface area contributed by atoms with E-state index in [1.54, 1.807) is 55.1 Å². The fourth-order valence-corrected chi connectivity index (χ4v) is 4.51. The number of pyridine rings is 2. The first-order chi connectivity index (χ1) is 14.6. The monoisotopic (exact) mass is 417 g/mol. The van der Waals surface area contributed by atoms with E-state index < -0.39 is 17.4 Å². The fourth-order valence-electron chi connectivity index (χ4n) is 3.35. The van der Waals surface area contributed by atoms with Crippen LogP contribution in [0.15, 0.2) is 59.4 Å². The summed E-state index contributed by atoms with van der Waals surface area (Å²) in [4.78, 5) is 34.0. The predicted molar refractivity (Wildman–Crippen MR) is 111 cm³/mol. The molecule has 8 nitrogen and oxygen atoms in total. The van der Waals surface area contributed by atoms with E-state index in [4.69, 9.17) is 10.5 Å². The number of fused-ring (bicyclic) bond motifs is 1. The van der Waals surface area contributed by atoms with Crippen molar-refractivity contribution in [3.8, 4) is 6.07 Å². The molecule has 1 atom stereocenters. The molecule has 0 saturated heterocycles. The topological polar surface area (TPSA) is 124 Å². The summed E-state index contributed by atoms with van der Waals surface area (Å²) in [6.45, 7) is 0. The highest BCUT2D eigenvalue weighted by Gasteiger charge is 2.36. The van der Waals surface area contributed by atoms with Crippen LogP contribution in [0, 0.1) is 11.3 Å². The van der Waals surface area contributed by atoms with Crippen LogP contribution in [0.1, 0.15) is 17.0 Å². The van der Waals surface area contributed by atoms with Gasteiger partial charge in [0.05, 0.1) is 34.8 Å². The minimum atomic E-state index is -0.791. The Hall–Kier alpha value is -4.03. The van der Waals surface area contributed by atoms with Crippen molar-refractivity contribution in [3.63, 3.8) is 0 Å². The average Bonchev–Trinajstić information content (AvgIpc) is 3.10. The molecule has 1 aliphatic heterocycles. The molecule has 4 heterocycles. The van der Waals surface area contributed by atoms with Crippen LogP contribution in [0.5, 0.6) is 0 Å². The van der Waals surface area contributed by atoms with Crippen LogP contribution in [0.3, 0.4) is 0 Å². The maximum Gasteiger partial charge on any atom is 0.337 e. The molecule has 1 aliphatic rings. The number of hydrogen-bond donors (Lipinski definition) is 1. The minimum absolute atomic E-state index is 0.0129. The number of rotatable bonds is 3. The van der Waals surface area contributed by atoms with Crippen molar-refractivity contribution in [2.45, 2.75) is 5.92 Å². The van der Waals surface area contributed by atoms with Gasteiger partial charge in [-0.05, 0) is 29.3 Å². The third kappa shape index (κ3) is 3.09. The second kappa shape index (κ2) is 7.77. The van der Waals surface area contributed by atoms with Crippen molar-refractivity contribution >= 4 is 34.8 Å². The minimum Gasteiger partial charge on any atom is -0.466 e. The fraction of sp³-hybridized carbons (Fsp3) is 0.0952. The largest absolute Gasteiger partial charge is 0.466 e. The number of ether oxygens (including phenoxy) is 1. The van der Waals surface area contributed by atoms with Gasteiger partial charge in [-0.3, -0.25) is 19.3 Å². The second-order valence-corrected chi connectivity index (χ2v) is 7.41. The molecule has 0 aliphatic carbocycles. The van der Waals surface area contributed by atoms with E-state index in [-0.39, 0.29) is 17.0 Å². The van der Waals surface area contributed by atoms with Gasteiger partial charge in [0.15, 0.2) is 0 Å². The van der Waals surface area contributed by atoms with E-state index in [1.807, 2.05) is 0 Å². The Morgan fingerprint density at radius 3 is 2.63 bits per heavy atom. The number of hydrogen-bond acceptors (Lipinski definition) is 8. The third-order valence-corrected chi connectivity index (χ3v) is 5.78. The van der Waals surface area contributed by atoms with Gasteiger partial charge in [-0.25, -0.2) is 4.79 Å². The SMILES string of the molecule is COC(=O)C1=c2sc(=Cc3cccnc3)c(=O)n2C(N)=C(C#N)[C@H]1c1cccnc1. The first-order valence-corrected chi connectivity index (χ1v) is 9.64. The Morgan fingerprint density at radius 2 is 2.03 bits per heavy atom. The Balaban J connectivity index is 2.12. The van der Waals surface area contributed by atoms with Gasteiger partial charge in [-0.1, -0.05) is 12.1 Å². The highest BCUT2D eigenvalue weighted by Crippen LogP contribution is 2.35. The van der Waals surface area contributed by atoms with Gasteiger partial charge in [-0.2, -0.15) is 5.26 Å². The van der Waals surface area contributed by atoms with E-state index in [9.17, 15) is 14.9 Å². The van der Waals surface area contributed by atoms with E-state index in [0.717, 1.165) is 16.9 Å². The van der Waals surface area contributed by atoms with Crippen LogP contribution in [-0.2, 0) is 9.53 Å². The van der Waals surface area contributed by atoms with Gasteiger partial charge >= 0.3 is 5.97 Å². The first-order valence-electron chi connectivity index (χ1n) is 8.83. The van der Waals surface area contributed by atoms with Crippen LogP contribution in [0.2, 0.25) is 0 Å². The molecule has 30 heavy (non-hydrogen) atoms. The predicted octanol–water partition coefficient (Wildman–Crippen LogP) is 0.301. The molecule has 0 saturated carbocycles. The quantitative estimate of drug-likeness (QED) is 0.608. The van der Waals surface area contributed by atoms with Crippen LogP contribution in [0.4, 0.5) is 0 Å². The van der Waals surface area contributed by atoms with Crippen molar-refractivity contribution in [1.82, 2.24) is 14.5 Å². The number of nitrogens with two attached hydrogens (primary N) is 1. The summed E-state index contributed by atoms with van der Waals surface area (Å²) in [6.07, 6.45) is 8.06. The lowest BCUT2D eigenvalue weighted by molar-refractivity contribution is -0.134. The lowest BCUT2D eigenvalue weighted by atomic mass is 9.84. The van der Waals surface area contributed by atoms with Crippen LogP contribution in [-0.4, -0.2) is 27.6 Å². The Bertz CT molecular complexity index is 1380. The number of aromatic nitrogens is 3. The molecule has 0 radical (unpaired) electrons. The molecule has 9 heteroatoms. The summed E-state index contributed by atoms with van der Waals surface area (Å²) in [7, 11) is 1.25. The maximum absolute atomic E-state index is 13.1. The molecule has 148 valence electrons. The normalized spacial score (nSPS) is 16.2. The molecule has 0 fully saturated rings. The molecular formula is C21H15N5O3S. The zero-order valence-electron chi connectivity index (χ0n) is 15.8. The van der Waals surface area contributed by atoms with E-state index in [1.165, 1.54) is 11.7 Å². The summed E-state index contributed by atoms with van der Waals surface area (Å²) in [5.41, 5.74) is 7.41. The molecule has 0 spiro atoms. The summed E-state index contributed by atoms with van der Waals surface area (Å²) in [5, 5.41) is 9.82. The van der Waals surface area contributed by atoms with E-state index >= 15 is 0 Å².